The van der Waals surface area contributed by atoms with Gasteiger partial charge in [0, 0.05) is 18.7 Å². The van der Waals surface area contributed by atoms with Crippen molar-refractivity contribution in [1.29, 1.82) is 0 Å². The molecule has 3 N–H and O–H groups in total. The minimum absolute atomic E-state index is 0.144. The van der Waals surface area contributed by atoms with Crippen molar-refractivity contribution in [1.82, 2.24) is 25.6 Å². The van der Waals surface area contributed by atoms with E-state index in [2.05, 4.69) is 25.6 Å². The van der Waals surface area contributed by atoms with Gasteiger partial charge in [0.1, 0.15) is 11.6 Å². The highest BCUT2D eigenvalue weighted by Gasteiger charge is 2.37. The molecule has 0 unspecified atom stereocenters. The summed E-state index contributed by atoms with van der Waals surface area (Å²) in [6.07, 6.45) is 7.55. The van der Waals surface area contributed by atoms with E-state index in [9.17, 15) is 9.59 Å². The molecule has 148 valence electrons. The lowest BCUT2D eigenvalue weighted by molar-refractivity contribution is -0.123. The molecule has 2 aliphatic rings. The second-order valence-electron chi connectivity index (χ2n) is 7.96. The molecule has 1 aromatic carbocycles. The fourth-order valence-corrected chi connectivity index (χ4v) is 3.59. The molecule has 7 nitrogen and oxygen atoms in total. The summed E-state index contributed by atoms with van der Waals surface area (Å²) in [6.45, 7) is 0.447. The second kappa shape index (κ2) is 7.31. The zero-order valence-corrected chi connectivity index (χ0v) is 16.0. The third-order valence-corrected chi connectivity index (χ3v) is 5.61. The van der Waals surface area contributed by atoms with Crippen LogP contribution in [0, 0.1) is 5.92 Å². The molecule has 2 saturated carbocycles. The van der Waals surface area contributed by atoms with E-state index in [1.54, 1.807) is 12.4 Å². The van der Waals surface area contributed by atoms with Gasteiger partial charge >= 0.3 is 0 Å². The van der Waals surface area contributed by atoms with Gasteiger partial charge in [-0.2, -0.15) is 0 Å². The van der Waals surface area contributed by atoms with Gasteiger partial charge in [-0.1, -0.05) is 30.3 Å². The van der Waals surface area contributed by atoms with Crippen LogP contribution in [0.1, 0.15) is 53.2 Å². The summed E-state index contributed by atoms with van der Waals surface area (Å²) in [7, 11) is 0. The first-order valence-corrected chi connectivity index (χ1v) is 10.2. The molecule has 2 amide bonds. The summed E-state index contributed by atoms with van der Waals surface area (Å²) in [4.78, 5) is 37.8. The van der Waals surface area contributed by atoms with Crippen molar-refractivity contribution >= 4 is 23.0 Å². The average Bonchev–Trinajstić information content (AvgIpc) is 3.67. The van der Waals surface area contributed by atoms with Gasteiger partial charge in [0.25, 0.3) is 5.91 Å². The topological polar surface area (TPSA) is 99.8 Å². The van der Waals surface area contributed by atoms with Crippen molar-refractivity contribution in [2.75, 3.05) is 0 Å². The molecule has 0 radical (unpaired) electrons. The Morgan fingerprint density at radius 3 is 2.66 bits per heavy atom. The van der Waals surface area contributed by atoms with Gasteiger partial charge in [-0.25, -0.2) is 9.97 Å². The molecule has 7 heteroatoms. The molecular formula is C22H23N5O2. The zero-order valence-electron chi connectivity index (χ0n) is 16.0. The summed E-state index contributed by atoms with van der Waals surface area (Å²) in [5.41, 5.74) is 3.57. The Morgan fingerprint density at radius 2 is 1.93 bits per heavy atom. The monoisotopic (exact) mass is 389 g/mol. The van der Waals surface area contributed by atoms with Crippen molar-refractivity contribution in [3.05, 3.63) is 59.5 Å². The Hall–Kier alpha value is -3.22. The highest BCUT2D eigenvalue weighted by atomic mass is 16.2. The predicted molar refractivity (Wildman–Crippen MR) is 108 cm³/mol. The molecule has 29 heavy (non-hydrogen) atoms. The molecule has 2 aromatic heterocycles. The lowest BCUT2D eigenvalue weighted by Crippen LogP contribution is -2.47. The molecule has 0 saturated heterocycles. The van der Waals surface area contributed by atoms with Crippen molar-refractivity contribution in [2.45, 2.75) is 44.2 Å². The van der Waals surface area contributed by atoms with E-state index >= 15 is 0 Å². The number of aromatic nitrogens is 3. The van der Waals surface area contributed by atoms with E-state index in [-0.39, 0.29) is 17.7 Å². The molecule has 0 bridgehead atoms. The van der Waals surface area contributed by atoms with E-state index in [1.807, 2.05) is 30.3 Å². The number of carbonyl (C=O) groups is 2. The van der Waals surface area contributed by atoms with Crippen LogP contribution in [-0.2, 0) is 11.3 Å². The number of amides is 2. The maximum absolute atomic E-state index is 13.0. The molecule has 2 aliphatic carbocycles. The van der Waals surface area contributed by atoms with Gasteiger partial charge in [0.15, 0.2) is 5.65 Å². The van der Waals surface area contributed by atoms with Crippen LogP contribution in [-0.4, -0.2) is 32.8 Å². The Bertz CT molecular complexity index is 1050. The lowest BCUT2D eigenvalue weighted by Gasteiger charge is -2.18. The van der Waals surface area contributed by atoms with Gasteiger partial charge < -0.3 is 15.6 Å². The van der Waals surface area contributed by atoms with Crippen LogP contribution in [0.5, 0.6) is 0 Å². The van der Waals surface area contributed by atoms with Crippen molar-refractivity contribution in [3.63, 3.8) is 0 Å². The first-order valence-electron chi connectivity index (χ1n) is 10.2. The van der Waals surface area contributed by atoms with E-state index in [0.717, 1.165) is 36.9 Å². The predicted octanol–water partition coefficient (Wildman–Crippen LogP) is 2.66. The number of hydrogen-bond acceptors (Lipinski definition) is 4. The number of fused-ring (bicyclic) bond motifs is 1. The normalized spacial score (nSPS) is 17.1. The Kier molecular flexibility index (Phi) is 4.50. The number of nitrogens with zero attached hydrogens (tertiary/aromatic N) is 2. The summed E-state index contributed by atoms with van der Waals surface area (Å²) in [6, 6.07) is 9.22. The number of H-pyrrole nitrogens is 1. The van der Waals surface area contributed by atoms with Crippen molar-refractivity contribution in [2.24, 2.45) is 5.92 Å². The minimum atomic E-state index is -0.532. The highest BCUT2D eigenvalue weighted by Crippen LogP contribution is 2.39. The third kappa shape index (κ3) is 3.85. The molecule has 2 heterocycles. The van der Waals surface area contributed by atoms with Crippen LogP contribution >= 0.6 is 0 Å². The molecule has 0 spiro atoms. The molecular weight excluding hydrogens is 366 g/mol. The van der Waals surface area contributed by atoms with Gasteiger partial charge in [-0.3, -0.25) is 9.59 Å². The Morgan fingerprint density at radius 1 is 1.14 bits per heavy atom. The SMILES string of the molecule is O=C(N[C@@H](C(=O)NCc1ccccc1)C1CC1)c1c[nH]c2ncc(C3CC3)nc12. The van der Waals surface area contributed by atoms with E-state index < -0.39 is 6.04 Å². The van der Waals surface area contributed by atoms with Crippen LogP contribution < -0.4 is 10.6 Å². The van der Waals surface area contributed by atoms with Crippen LogP contribution in [0.4, 0.5) is 0 Å². The zero-order chi connectivity index (χ0) is 19.8. The maximum Gasteiger partial charge on any atom is 0.255 e. The number of rotatable bonds is 7. The molecule has 5 rings (SSSR count). The largest absolute Gasteiger partial charge is 0.350 e. The first-order chi connectivity index (χ1) is 14.2. The molecule has 2 fully saturated rings. The van der Waals surface area contributed by atoms with Crippen molar-refractivity contribution < 1.29 is 9.59 Å². The van der Waals surface area contributed by atoms with Gasteiger partial charge in [-0.05, 0) is 37.2 Å². The summed E-state index contributed by atoms with van der Waals surface area (Å²) in [5.74, 6) is 0.216. The number of hydrogen-bond donors (Lipinski definition) is 3. The van der Waals surface area contributed by atoms with E-state index in [4.69, 9.17) is 0 Å². The number of nitrogens with one attached hydrogen (secondary N) is 3. The molecule has 0 aliphatic heterocycles. The minimum Gasteiger partial charge on any atom is -0.350 e. The van der Waals surface area contributed by atoms with Crippen molar-refractivity contribution in [3.8, 4) is 0 Å². The van der Waals surface area contributed by atoms with Gasteiger partial charge in [-0.15, -0.1) is 0 Å². The van der Waals surface area contributed by atoms with Gasteiger partial charge in [0.2, 0.25) is 5.91 Å². The van der Waals surface area contributed by atoms with Gasteiger partial charge in [0.05, 0.1) is 17.5 Å². The summed E-state index contributed by atoms with van der Waals surface area (Å²) in [5, 5.41) is 5.89. The summed E-state index contributed by atoms with van der Waals surface area (Å²) >= 11 is 0. The third-order valence-electron chi connectivity index (χ3n) is 5.61. The number of aromatic amines is 1. The summed E-state index contributed by atoms with van der Waals surface area (Å²) < 4.78 is 0. The quantitative estimate of drug-likeness (QED) is 0.578. The number of carbonyl (C=O) groups excluding carboxylic acids is 2. The van der Waals surface area contributed by atoms with E-state index in [1.165, 1.54) is 0 Å². The highest BCUT2D eigenvalue weighted by molar-refractivity contribution is 6.06. The first kappa shape index (κ1) is 17.8. The Labute approximate surface area is 168 Å². The number of benzene rings is 1. The Balaban J connectivity index is 1.30. The average molecular weight is 389 g/mol. The second-order valence-corrected chi connectivity index (χ2v) is 7.96. The maximum atomic E-state index is 13.0. The smallest absolute Gasteiger partial charge is 0.255 e. The fraction of sp³-hybridized carbons (Fsp3) is 0.364. The molecule has 1 atom stereocenters. The van der Waals surface area contributed by atoms with E-state index in [0.29, 0.717) is 29.2 Å². The molecule has 3 aromatic rings. The van der Waals surface area contributed by atoms with Crippen LogP contribution in [0.25, 0.3) is 11.2 Å². The fourth-order valence-electron chi connectivity index (χ4n) is 3.59. The van der Waals surface area contributed by atoms with Crippen LogP contribution in [0.2, 0.25) is 0 Å². The lowest BCUT2D eigenvalue weighted by atomic mass is 10.1. The standard InChI is InChI=1S/C22H23N5O2/c28-21(16-11-23-20-19(16)26-17(12-24-20)14-6-7-14)27-18(15-8-9-15)22(29)25-10-13-4-2-1-3-5-13/h1-5,11-12,14-15,18H,6-10H2,(H,23,24)(H,25,29)(H,27,28)/t18-/m1/s1. The van der Waals surface area contributed by atoms with Crippen LogP contribution in [0.3, 0.4) is 0 Å². The van der Waals surface area contributed by atoms with Crippen LogP contribution in [0.15, 0.2) is 42.7 Å².